The van der Waals surface area contributed by atoms with Crippen LogP contribution in [0.5, 0.6) is 0 Å². The number of allylic oxidation sites excluding steroid dienone is 4. The molecule has 0 aromatic carbocycles. The Morgan fingerprint density at radius 2 is 1.06 bits per heavy atom. The Morgan fingerprint density at radius 1 is 0.620 bits per heavy atom. The molecule has 50 heavy (non-hydrogen) atoms. The lowest BCUT2D eigenvalue weighted by Gasteiger charge is -2.20. The first-order chi connectivity index (χ1) is 24.1. The number of carboxylic acid groups (broad SMARTS) is 1. The minimum Gasteiger partial charge on any atom is -0.480 e. The summed E-state index contributed by atoms with van der Waals surface area (Å²) in [6.07, 6.45) is 33.6. The first kappa shape index (κ1) is 48.0. The van der Waals surface area contributed by atoms with Gasteiger partial charge in [0.25, 0.3) is 0 Å². The summed E-state index contributed by atoms with van der Waals surface area (Å²) in [6.45, 7) is 2.58. The van der Waals surface area contributed by atoms with Crippen LogP contribution in [-0.4, -0.2) is 59.9 Å². The quantitative estimate of drug-likeness (QED) is 0.0242. The highest BCUT2D eigenvalue weighted by Crippen LogP contribution is 2.43. The van der Waals surface area contributed by atoms with Gasteiger partial charge in [0.15, 0.2) is 6.10 Å². The van der Waals surface area contributed by atoms with E-state index >= 15 is 0 Å². The molecular formula is C38H70NO10P. The number of carbonyl (C=O) groups is 3. The Hall–Kier alpha value is -2.04. The minimum atomic E-state index is -4.69. The summed E-state index contributed by atoms with van der Waals surface area (Å²) in [6, 6.07) is -1.52. The molecule has 0 radical (unpaired) electrons. The molecule has 0 heterocycles. The van der Waals surface area contributed by atoms with Gasteiger partial charge >= 0.3 is 25.7 Å². The molecule has 0 aromatic rings. The summed E-state index contributed by atoms with van der Waals surface area (Å²) in [7, 11) is -4.69. The number of hydrogen-bond acceptors (Lipinski definition) is 9. The van der Waals surface area contributed by atoms with Gasteiger partial charge in [-0.3, -0.25) is 23.4 Å². The van der Waals surface area contributed by atoms with E-state index < -0.39 is 51.1 Å². The smallest absolute Gasteiger partial charge is 0.472 e. The maximum Gasteiger partial charge on any atom is 0.472 e. The van der Waals surface area contributed by atoms with Crippen molar-refractivity contribution in [3.8, 4) is 0 Å². The number of rotatable bonds is 36. The third-order valence-corrected chi connectivity index (χ3v) is 9.15. The van der Waals surface area contributed by atoms with Gasteiger partial charge in [-0.2, -0.15) is 0 Å². The molecular weight excluding hydrogens is 661 g/mol. The zero-order valence-corrected chi connectivity index (χ0v) is 32.1. The number of unbranched alkanes of at least 4 members (excludes halogenated alkanes) is 18. The second-order valence-electron chi connectivity index (χ2n) is 13.1. The van der Waals surface area contributed by atoms with Crippen molar-refractivity contribution in [2.24, 2.45) is 5.73 Å². The average Bonchev–Trinajstić information content (AvgIpc) is 3.08. The standard InChI is InChI=1S/C38H70NO10P/c1-3-5-7-8-9-10-11-12-13-14-15-16-17-18-19-20-21-22-23-24-25-26-28-30-37(41)49-34(31-46-36(40)29-27-6-4-2)32-47-50(44,45)48-33-35(39)38(42)43/h11-12,14-15,34-35H,3-10,13,16-33,39H2,1-2H3,(H,42,43)(H,44,45)/b12-11-,15-14-. The Balaban J connectivity index is 4.05. The Kier molecular flexibility index (Phi) is 32.7. The number of phosphoric ester groups is 1. The normalized spacial score (nSPS) is 14.2. The van der Waals surface area contributed by atoms with Crippen molar-refractivity contribution in [3.63, 3.8) is 0 Å². The fourth-order valence-electron chi connectivity index (χ4n) is 5.09. The number of aliphatic carboxylic acids is 1. The first-order valence-electron chi connectivity index (χ1n) is 19.4. The first-order valence-corrected chi connectivity index (χ1v) is 20.9. The van der Waals surface area contributed by atoms with Gasteiger partial charge < -0.3 is 25.2 Å². The summed E-state index contributed by atoms with van der Waals surface area (Å²) >= 11 is 0. The van der Waals surface area contributed by atoms with E-state index in [0.717, 1.165) is 38.5 Å². The van der Waals surface area contributed by atoms with E-state index in [-0.39, 0.29) is 19.4 Å². The van der Waals surface area contributed by atoms with Crippen molar-refractivity contribution in [1.29, 1.82) is 0 Å². The van der Waals surface area contributed by atoms with E-state index in [4.69, 9.17) is 24.8 Å². The van der Waals surface area contributed by atoms with Crippen molar-refractivity contribution in [2.45, 2.75) is 180 Å². The van der Waals surface area contributed by atoms with Crippen molar-refractivity contribution in [2.75, 3.05) is 19.8 Å². The van der Waals surface area contributed by atoms with Gasteiger partial charge in [-0.1, -0.05) is 134 Å². The van der Waals surface area contributed by atoms with Crippen LogP contribution in [0.1, 0.15) is 168 Å². The van der Waals surface area contributed by atoms with E-state index in [9.17, 15) is 23.8 Å². The molecule has 12 heteroatoms. The molecule has 0 saturated carbocycles. The van der Waals surface area contributed by atoms with Gasteiger partial charge in [-0.15, -0.1) is 0 Å². The van der Waals surface area contributed by atoms with Gasteiger partial charge in [-0.05, 0) is 44.9 Å². The second kappa shape index (κ2) is 34.1. The molecule has 0 fully saturated rings. The van der Waals surface area contributed by atoms with E-state index in [1.807, 2.05) is 6.92 Å². The molecule has 0 bridgehead atoms. The van der Waals surface area contributed by atoms with E-state index in [0.29, 0.717) is 12.8 Å². The maximum atomic E-state index is 12.5. The average molecular weight is 732 g/mol. The van der Waals surface area contributed by atoms with E-state index in [2.05, 4.69) is 35.8 Å². The molecule has 0 rings (SSSR count). The van der Waals surface area contributed by atoms with Crippen LogP contribution >= 0.6 is 7.82 Å². The molecule has 0 amide bonds. The Morgan fingerprint density at radius 3 is 1.60 bits per heavy atom. The van der Waals surface area contributed by atoms with Crippen LogP contribution in [0.25, 0.3) is 0 Å². The van der Waals surface area contributed by atoms with Crippen LogP contribution < -0.4 is 5.73 Å². The van der Waals surface area contributed by atoms with Crippen LogP contribution in [0.3, 0.4) is 0 Å². The molecule has 0 aliphatic carbocycles. The SMILES string of the molecule is CCCCCCC/C=C\C/C=C\CCCCCCCCCCCCCC(=O)OC(COC(=O)CCCCC)COP(=O)(O)OCC(N)C(=O)O. The summed E-state index contributed by atoms with van der Waals surface area (Å²) in [5.74, 6) is -2.41. The molecule has 0 saturated heterocycles. The fourth-order valence-corrected chi connectivity index (χ4v) is 5.87. The molecule has 0 spiro atoms. The third kappa shape index (κ3) is 33.1. The van der Waals surface area contributed by atoms with Crippen LogP contribution in [0, 0.1) is 0 Å². The number of phosphoric acid groups is 1. The number of hydrogen-bond donors (Lipinski definition) is 3. The number of ether oxygens (including phenoxy) is 2. The van der Waals surface area contributed by atoms with Crippen LogP contribution in [0.2, 0.25) is 0 Å². The molecule has 11 nitrogen and oxygen atoms in total. The van der Waals surface area contributed by atoms with E-state index in [1.54, 1.807) is 0 Å². The van der Waals surface area contributed by atoms with Gasteiger partial charge in [0.05, 0.1) is 13.2 Å². The fraction of sp³-hybridized carbons (Fsp3) is 0.816. The number of nitrogens with two attached hydrogens (primary N) is 1. The topological polar surface area (TPSA) is 172 Å². The lowest BCUT2D eigenvalue weighted by atomic mass is 10.0. The number of carboxylic acids is 1. The molecule has 0 aliphatic rings. The zero-order chi connectivity index (χ0) is 37.1. The minimum absolute atomic E-state index is 0.160. The lowest BCUT2D eigenvalue weighted by molar-refractivity contribution is -0.161. The summed E-state index contributed by atoms with van der Waals surface area (Å²) in [4.78, 5) is 45.2. The van der Waals surface area contributed by atoms with Gasteiger partial charge in [0.1, 0.15) is 12.6 Å². The zero-order valence-electron chi connectivity index (χ0n) is 31.2. The monoisotopic (exact) mass is 731 g/mol. The number of carbonyl (C=O) groups excluding carboxylic acids is 2. The van der Waals surface area contributed by atoms with Crippen molar-refractivity contribution >= 4 is 25.7 Å². The maximum absolute atomic E-state index is 12.5. The van der Waals surface area contributed by atoms with Crippen LogP contribution in [0.4, 0.5) is 0 Å². The predicted octanol–water partition coefficient (Wildman–Crippen LogP) is 9.50. The highest BCUT2D eigenvalue weighted by atomic mass is 31.2. The summed E-state index contributed by atoms with van der Waals surface area (Å²) in [5.41, 5.74) is 5.28. The molecule has 3 atom stereocenters. The van der Waals surface area contributed by atoms with E-state index in [1.165, 1.54) is 89.9 Å². The third-order valence-electron chi connectivity index (χ3n) is 8.20. The largest absolute Gasteiger partial charge is 0.480 e. The van der Waals surface area contributed by atoms with Gasteiger partial charge in [-0.25, -0.2) is 4.57 Å². The molecule has 3 unspecified atom stereocenters. The predicted molar refractivity (Wildman–Crippen MR) is 199 cm³/mol. The van der Waals surface area contributed by atoms with Crippen molar-refractivity contribution in [3.05, 3.63) is 24.3 Å². The van der Waals surface area contributed by atoms with Crippen LogP contribution in [0.15, 0.2) is 24.3 Å². The Bertz CT molecular complexity index is 958. The molecule has 0 aliphatic heterocycles. The highest BCUT2D eigenvalue weighted by Gasteiger charge is 2.28. The van der Waals surface area contributed by atoms with Crippen LogP contribution in [-0.2, 0) is 37.5 Å². The van der Waals surface area contributed by atoms with Crippen molar-refractivity contribution in [1.82, 2.24) is 0 Å². The van der Waals surface area contributed by atoms with Gasteiger partial charge in [0, 0.05) is 12.8 Å². The Labute approximate surface area is 302 Å². The lowest BCUT2D eigenvalue weighted by Crippen LogP contribution is -2.34. The number of esters is 2. The van der Waals surface area contributed by atoms with Crippen molar-refractivity contribution < 1.29 is 47.5 Å². The van der Waals surface area contributed by atoms with Gasteiger partial charge in [0.2, 0.25) is 0 Å². The molecule has 292 valence electrons. The highest BCUT2D eigenvalue weighted by molar-refractivity contribution is 7.47. The summed E-state index contributed by atoms with van der Waals surface area (Å²) < 4.78 is 32.2. The molecule has 0 aromatic heterocycles. The molecule has 4 N–H and O–H groups in total. The second-order valence-corrected chi connectivity index (χ2v) is 14.5. The summed E-state index contributed by atoms with van der Waals surface area (Å²) in [5, 5.41) is 8.81.